The van der Waals surface area contributed by atoms with E-state index in [9.17, 15) is 8.78 Å². The van der Waals surface area contributed by atoms with Crippen LogP contribution in [0.3, 0.4) is 0 Å². The monoisotopic (exact) mass is 287 g/mol. The number of aromatic nitrogens is 1. The predicted molar refractivity (Wildman–Crippen MR) is 74.1 cm³/mol. The predicted octanol–water partition coefficient (Wildman–Crippen LogP) is 3.70. The van der Waals surface area contributed by atoms with Crippen LogP contribution in [-0.2, 0) is 0 Å². The minimum Gasteiger partial charge on any atom is -0.395 e. The largest absolute Gasteiger partial charge is 0.395 e. The summed E-state index contributed by atoms with van der Waals surface area (Å²) in [6, 6.07) is 8.82. The van der Waals surface area contributed by atoms with Crippen molar-refractivity contribution in [2.24, 2.45) is 0 Å². The van der Waals surface area contributed by atoms with Gasteiger partial charge in [-0.3, -0.25) is 0 Å². The molecule has 1 heterocycles. The second kappa shape index (κ2) is 4.54. The number of nitrogen functional groups attached to an aromatic ring is 1. The van der Waals surface area contributed by atoms with Gasteiger partial charge in [-0.25, -0.2) is 13.8 Å². The molecular weight excluding hydrogens is 280 g/mol. The lowest BCUT2D eigenvalue weighted by molar-refractivity contribution is 0.629. The molecule has 20 heavy (non-hydrogen) atoms. The molecule has 2 aromatic carbocycles. The van der Waals surface area contributed by atoms with E-state index >= 15 is 0 Å². The van der Waals surface area contributed by atoms with Crippen molar-refractivity contribution < 1.29 is 8.78 Å². The summed E-state index contributed by atoms with van der Waals surface area (Å²) < 4.78 is 27.6. The molecule has 0 aliphatic rings. The molecule has 0 unspecified atom stereocenters. The third kappa shape index (κ3) is 1.98. The fraction of sp³-hybridized carbons (Fsp3) is 0. The van der Waals surface area contributed by atoms with Gasteiger partial charge in [-0.15, -0.1) is 11.3 Å². The number of hydrogen-bond acceptors (Lipinski definition) is 4. The number of benzene rings is 2. The van der Waals surface area contributed by atoms with E-state index in [1.54, 1.807) is 6.07 Å². The lowest BCUT2D eigenvalue weighted by Gasteiger charge is -2.02. The Labute approximate surface area is 116 Å². The van der Waals surface area contributed by atoms with Gasteiger partial charge in [0.25, 0.3) is 0 Å². The summed E-state index contributed by atoms with van der Waals surface area (Å²) in [6.07, 6.45) is 0. The molecule has 3 aromatic rings. The highest BCUT2D eigenvalue weighted by Crippen LogP contribution is 2.32. The molecule has 0 aliphatic carbocycles. The van der Waals surface area contributed by atoms with Crippen LogP contribution in [0.4, 0.5) is 14.5 Å². The van der Waals surface area contributed by atoms with Crippen molar-refractivity contribution in [1.29, 1.82) is 5.26 Å². The smallest absolute Gasteiger partial charge is 0.148 e. The van der Waals surface area contributed by atoms with Crippen LogP contribution in [0.2, 0.25) is 0 Å². The van der Waals surface area contributed by atoms with Crippen LogP contribution in [0, 0.1) is 23.0 Å². The summed E-state index contributed by atoms with van der Waals surface area (Å²) in [5.74, 6) is -1.04. The first-order valence-corrected chi connectivity index (χ1v) is 6.45. The van der Waals surface area contributed by atoms with Crippen molar-refractivity contribution >= 4 is 27.2 Å². The molecule has 0 saturated carbocycles. The van der Waals surface area contributed by atoms with Gasteiger partial charge in [-0.2, -0.15) is 5.26 Å². The normalized spacial score (nSPS) is 10.7. The molecule has 3 rings (SSSR count). The standard InChI is InChI=1S/C14H7F2N3S/c15-9-1-2-12-11(5-9)19-14(20-12)7-3-8(6-17)13(18)10(16)4-7/h1-5H,18H2. The Hall–Kier alpha value is -2.52. The van der Waals surface area contributed by atoms with Crippen molar-refractivity contribution in [2.75, 3.05) is 5.73 Å². The van der Waals surface area contributed by atoms with E-state index in [-0.39, 0.29) is 17.1 Å². The third-order valence-electron chi connectivity index (χ3n) is 2.85. The summed E-state index contributed by atoms with van der Waals surface area (Å²) in [6.45, 7) is 0. The zero-order valence-corrected chi connectivity index (χ0v) is 10.8. The molecule has 3 nitrogen and oxygen atoms in total. The Bertz CT molecular complexity index is 865. The Morgan fingerprint density at radius 1 is 1.20 bits per heavy atom. The second-order valence-corrected chi connectivity index (χ2v) is 5.19. The second-order valence-electron chi connectivity index (χ2n) is 4.16. The summed E-state index contributed by atoms with van der Waals surface area (Å²) in [5.41, 5.74) is 6.31. The lowest BCUT2D eigenvalue weighted by Crippen LogP contribution is -1.95. The van der Waals surface area contributed by atoms with Gasteiger partial charge in [-0.1, -0.05) is 0 Å². The van der Waals surface area contributed by atoms with Gasteiger partial charge < -0.3 is 5.73 Å². The van der Waals surface area contributed by atoms with Gasteiger partial charge in [0.15, 0.2) is 0 Å². The zero-order valence-electron chi connectivity index (χ0n) is 10.0. The SMILES string of the molecule is N#Cc1cc(-c2nc3cc(F)ccc3s2)cc(F)c1N. The van der Waals surface area contributed by atoms with E-state index in [1.165, 1.54) is 35.6 Å². The topological polar surface area (TPSA) is 62.7 Å². The molecule has 0 saturated heterocycles. The molecule has 0 radical (unpaired) electrons. The van der Waals surface area contributed by atoms with Crippen LogP contribution in [0.5, 0.6) is 0 Å². The van der Waals surface area contributed by atoms with E-state index in [1.807, 2.05) is 6.07 Å². The first-order valence-electron chi connectivity index (χ1n) is 5.64. The molecule has 98 valence electrons. The molecule has 0 bridgehead atoms. The molecule has 0 aliphatic heterocycles. The molecular formula is C14H7F2N3S. The van der Waals surface area contributed by atoms with Crippen molar-refractivity contribution in [3.05, 3.63) is 47.5 Å². The summed E-state index contributed by atoms with van der Waals surface area (Å²) in [5, 5.41) is 9.44. The van der Waals surface area contributed by atoms with E-state index < -0.39 is 5.82 Å². The maximum absolute atomic E-state index is 13.7. The number of hydrogen-bond donors (Lipinski definition) is 1. The number of thiazole rings is 1. The highest BCUT2D eigenvalue weighted by atomic mass is 32.1. The number of nitriles is 1. The highest BCUT2D eigenvalue weighted by molar-refractivity contribution is 7.21. The molecule has 0 atom stereocenters. The van der Waals surface area contributed by atoms with E-state index in [2.05, 4.69) is 4.98 Å². The number of nitrogens with zero attached hydrogens (tertiary/aromatic N) is 2. The lowest BCUT2D eigenvalue weighted by atomic mass is 10.1. The van der Waals surface area contributed by atoms with Gasteiger partial charge in [0.2, 0.25) is 0 Å². The molecule has 0 amide bonds. The maximum Gasteiger partial charge on any atom is 0.148 e. The minimum absolute atomic E-state index is 0.0606. The Morgan fingerprint density at radius 2 is 2.00 bits per heavy atom. The fourth-order valence-corrected chi connectivity index (χ4v) is 2.79. The van der Waals surface area contributed by atoms with Crippen LogP contribution >= 0.6 is 11.3 Å². The zero-order chi connectivity index (χ0) is 14.3. The number of fused-ring (bicyclic) bond motifs is 1. The molecule has 1 aromatic heterocycles. The number of nitrogens with two attached hydrogens (primary N) is 1. The number of anilines is 1. The number of halogens is 2. The van der Waals surface area contributed by atoms with Crippen LogP contribution in [0.1, 0.15) is 5.56 Å². The van der Waals surface area contributed by atoms with E-state index in [4.69, 9.17) is 11.0 Å². The first kappa shape index (κ1) is 12.5. The van der Waals surface area contributed by atoms with Gasteiger partial charge in [0.05, 0.1) is 21.5 Å². The van der Waals surface area contributed by atoms with Crippen molar-refractivity contribution in [2.45, 2.75) is 0 Å². The van der Waals surface area contributed by atoms with Crippen molar-refractivity contribution in [1.82, 2.24) is 4.98 Å². The summed E-state index contributed by atoms with van der Waals surface area (Å²) in [4.78, 5) is 4.25. The maximum atomic E-state index is 13.7. The van der Waals surface area contributed by atoms with Crippen LogP contribution in [-0.4, -0.2) is 4.98 Å². The molecule has 0 spiro atoms. The minimum atomic E-state index is -0.663. The van der Waals surface area contributed by atoms with Crippen LogP contribution < -0.4 is 5.73 Å². The highest BCUT2D eigenvalue weighted by Gasteiger charge is 2.12. The molecule has 2 N–H and O–H groups in total. The third-order valence-corrected chi connectivity index (χ3v) is 3.93. The summed E-state index contributed by atoms with van der Waals surface area (Å²) in [7, 11) is 0. The Balaban J connectivity index is 2.20. The van der Waals surface area contributed by atoms with E-state index in [0.29, 0.717) is 16.1 Å². The quantitative estimate of drug-likeness (QED) is 0.694. The van der Waals surface area contributed by atoms with Crippen LogP contribution in [0.25, 0.3) is 20.8 Å². The first-order chi connectivity index (χ1) is 9.58. The average Bonchev–Trinajstić information content (AvgIpc) is 2.84. The number of rotatable bonds is 1. The Morgan fingerprint density at radius 3 is 2.75 bits per heavy atom. The fourth-order valence-electron chi connectivity index (χ4n) is 1.86. The van der Waals surface area contributed by atoms with E-state index in [0.717, 1.165) is 4.70 Å². The Kier molecular flexibility index (Phi) is 2.84. The van der Waals surface area contributed by atoms with Crippen molar-refractivity contribution in [3.8, 4) is 16.6 Å². The molecule has 6 heteroatoms. The van der Waals surface area contributed by atoms with Gasteiger partial charge in [0, 0.05) is 11.6 Å². The molecule has 0 fully saturated rings. The average molecular weight is 287 g/mol. The van der Waals surface area contributed by atoms with Crippen LogP contribution in [0.15, 0.2) is 30.3 Å². The summed E-state index contributed by atoms with van der Waals surface area (Å²) >= 11 is 1.30. The van der Waals surface area contributed by atoms with Gasteiger partial charge >= 0.3 is 0 Å². The van der Waals surface area contributed by atoms with Gasteiger partial charge in [-0.05, 0) is 24.3 Å². The van der Waals surface area contributed by atoms with Gasteiger partial charge in [0.1, 0.15) is 22.7 Å². The van der Waals surface area contributed by atoms with Crippen molar-refractivity contribution in [3.63, 3.8) is 0 Å².